The molecule has 160 valence electrons. The summed E-state index contributed by atoms with van der Waals surface area (Å²) in [6.07, 6.45) is 5.47. The number of phenols is 1. The molecule has 0 saturated carbocycles. The van der Waals surface area contributed by atoms with Crippen LogP contribution >= 0.6 is 24.0 Å². The lowest BCUT2D eigenvalue weighted by atomic mass is 9.88. The zero-order valence-electron chi connectivity index (χ0n) is 18.2. The van der Waals surface area contributed by atoms with Gasteiger partial charge in [-0.25, -0.2) is 0 Å². The van der Waals surface area contributed by atoms with Crippen molar-refractivity contribution in [3.05, 3.63) is 45.8 Å². The highest BCUT2D eigenvalue weighted by atomic mass is 127. The number of rotatable bonds is 5. The van der Waals surface area contributed by atoms with Crippen LogP contribution in [0.1, 0.15) is 53.4 Å². The summed E-state index contributed by atoms with van der Waals surface area (Å²) in [4.78, 5) is 4.37. The highest BCUT2D eigenvalue weighted by Crippen LogP contribution is 2.30. The highest BCUT2D eigenvalue weighted by molar-refractivity contribution is 14.0. The third-order valence-electron chi connectivity index (χ3n) is 5.83. The molecule has 1 unspecified atom stereocenters. The Bertz CT molecular complexity index is 875. The number of aryl methyl sites for hydroxylation is 3. The number of nitrogens with zero attached hydrogens (tertiary/aromatic N) is 3. The van der Waals surface area contributed by atoms with E-state index in [0.717, 1.165) is 36.5 Å². The normalized spacial score (nSPS) is 14.7. The molecule has 7 heteroatoms. The van der Waals surface area contributed by atoms with Gasteiger partial charge >= 0.3 is 0 Å². The van der Waals surface area contributed by atoms with Crippen molar-refractivity contribution in [3.63, 3.8) is 0 Å². The number of nitrogens with one attached hydrogen (secondary N) is 2. The Morgan fingerprint density at radius 2 is 1.97 bits per heavy atom. The van der Waals surface area contributed by atoms with Gasteiger partial charge in [0.25, 0.3) is 0 Å². The SMILES string of the molecule is CN=C(NCc1c(O)ccc2c1CCCC2)NC(C)Cc1c(C)nn(C)c1C.I. The maximum absolute atomic E-state index is 10.4. The van der Waals surface area contributed by atoms with Crippen LogP contribution in [0.3, 0.4) is 0 Å². The maximum atomic E-state index is 10.4. The number of halogens is 1. The monoisotopic (exact) mass is 511 g/mol. The Kier molecular flexibility index (Phi) is 8.36. The van der Waals surface area contributed by atoms with Crippen LogP contribution < -0.4 is 10.6 Å². The van der Waals surface area contributed by atoms with E-state index in [-0.39, 0.29) is 30.0 Å². The summed E-state index contributed by atoms with van der Waals surface area (Å²) in [5.41, 5.74) is 7.26. The second-order valence-corrected chi connectivity index (χ2v) is 7.86. The first kappa shape index (κ1) is 23.5. The molecule has 0 amide bonds. The second-order valence-electron chi connectivity index (χ2n) is 7.86. The molecule has 1 aromatic carbocycles. The van der Waals surface area contributed by atoms with Crippen LogP contribution in [0, 0.1) is 13.8 Å². The van der Waals surface area contributed by atoms with Gasteiger partial charge in [0.15, 0.2) is 5.96 Å². The van der Waals surface area contributed by atoms with Crippen molar-refractivity contribution in [2.75, 3.05) is 7.05 Å². The van der Waals surface area contributed by atoms with Gasteiger partial charge in [0.2, 0.25) is 0 Å². The Balaban J connectivity index is 0.00000300. The van der Waals surface area contributed by atoms with Gasteiger partial charge in [-0.15, -0.1) is 24.0 Å². The molecule has 0 saturated heterocycles. The molecular formula is C22H34IN5O. The maximum Gasteiger partial charge on any atom is 0.191 e. The summed E-state index contributed by atoms with van der Waals surface area (Å²) in [5, 5.41) is 21.7. The molecule has 1 aliphatic rings. The zero-order valence-corrected chi connectivity index (χ0v) is 20.5. The molecule has 0 fully saturated rings. The average molecular weight is 511 g/mol. The molecule has 3 N–H and O–H groups in total. The molecule has 1 aromatic heterocycles. The fraction of sp³-hybridized carbons (Fsp3) is 0.545. The summed E-state index contributed by atoms with van der Waals surface area (Å²) >= 11 is 0. The number of aliphatic imine (C=N–C) groups is 1. The minimum absolute atomic E-state index is 0. The number of phenolic OH excluding ortho intramolecular Hbond substituents is 1. The summed E-state index contributed by atoms with van der Waals surface area (Å²) < 4.78 is 1.94. The van der Waals surface area contributed by atoms with E-state index >= 15 is 0 Å². The molecule has 6 nitrogen and oxygen atoms in total. The van der Waals surface area contributed by atoms with Crippen molar-refractivity contribution in [1.82, 2.24) is 20.4 Å². The minimum Gasteiger partial charge on any atom is -0.508 e. The third-order valence-corrected chi connectivity index (χ3v) is 5.83. The quantitative estimate of drug-likeness (QED) is 0.326. The van der Waals surface area contributed by atoms with E-state index in [1.165, 1.54) is 35.2 Å². The lowest BCUT2D eigenvalue weighted by molar-refractivity contribution is 0.464. The minimum atomic E-state index is 0. The van der Waals surface area contributed by atoms with E-state index in [9.17, 15) is 5.11 Å². The molecule has 0 spiro atoms. The molecule has 0 aliphatic heterocycles. The lowest BCUT2D eigenvalue weighted by Crippen LogP contribution is -2.43. The highest BCUT2D eigenvalue weighted by Gasteiger charge is 2.17. The number of aromatic nitrogens is 2. The van der Waals surface area contributed by atoms with Gasteiger partial charge in [-0.1, -0.05) is 6.07 Å². The Labute approximate surface area is 191 Å². The smallest absolute Gasteiger partial charge is 0.191 e. The van der Waals surface area contributed by atoms with E-state index in [2.05, 4.69) is 47.6 Å². The lowest BCUT2D eigenvalue weighted by Gasteiger charge is -2.22. The van der Waals surface area contributed by atoms with Crippen molar-refractivity contribution in [2.24, 2.45) is 12.0 Å². The van der Waals surface area contributed by atoms with Crippen molar-refractivity contribution in [3.8, 4) is 5.75 Å². The predicted molar refractivity (Wildman–Crippen MR) is 129 cm³/mol. The number of hydrogen-bond acceptors (Lipinski definition) is 3. The standard InChI is InChI=1S/C22H33N5O.HI/c1-14(12-19-15(2)26-27(5)16(19)3)25-22(23-4)24-13-20-18-9-7-6-8-17(18)10-11-21(20)28;/h10-11,14,28H,6-9,12-13H2,1-5H3,(H2,23,24,25);1H. The van der Waals surface area contributed by atoms with Gasteiger partial charge < -0.3 is 15.7 Å². The number of fused-ring (bicyclic) bond motifs is 1. The molecule has 0 radical (unpaired) electrons. The molecule has 0 bridgehead atoms. The van der Waals surface area contributed by atoms with E-state index in [4.69, 9.17) is 0 Å². The number of aromatic hydroxyl groups is 1. The van der Waals surface area contributed by atoms with Crippen molar-refractivity contribution >= 4 is 29.9 Å². The van der Waals surface area contributed by atoms with E-state index < -0.39 is 0 Å². The van der Waals surface area contributed by atoms with Crippen LogP contribution in [0.5, 0.6) is 5.75 Å². The second kappa shape index (κ2) is 10.3. The largest absolute Gasteiger partial charge is 0.508 e. The number of benzene rings is 1. The fourth-order valence-corrected chi connectivity index (χ4v) is 4.16. The van der Waals surface area contributed by atoms with Gasteiger partial charge in [-0.3, -0.25) is 9.67 Å². The summed E-state index contributed by atoms with van der Waals surface area (Å²) in [5.74, 6) is 1.12. The average Bonchev–Trinajstić information content (AvgIpc) is 2.92. The van der Waals surface area contributed by atoms with E-state index in [0.29, 0.717) is 12.3 Å². The van der Waals surface area contributed by atoms with Crippen molar-refractivity contribution < 1.29 is 5.11 Å². The van der Waals surface area contributed by atoms with Gasteiger partial charge in [0.1, 0.15) is 5.75 Å². The van der Waals surface area contributed by atoms with Crippen LogP contribution in [-0.2, 0) is 32.9 Å². The first-order valence-corrected chi connectivity index (χ1v) is 10.2. The molecule has 3 rings (SSSR count). The van der Waals surface area contributed by atoms with E-state index in [1.54, 1.807) is 7.05 Å². The van der Waals surface area contributed by atoms with Crippen LogP contribution in [0.2, 0.25) is 0 Å². The molecular weight excluding hydrogens is 477 g/mol. The predicted octanol–water partition coefficient (Wildman–Crippen LogP) is 3.54. The Morgan fingerprint density at radius 1 is 1.24 bits per heavy atom. The molecule has 29 heavy (non-hydrogen) atoms. The fourth-order valence-electron chi connectivity index (χ4n) is 4.16. The van der Waals surface area contributed by atoms with Crippen LogP contribution in [0.4, 0.5) is 0 Å². The van der Waals surface area contributed by atoms with E-state index in [1.807, 2.05) is 17.8 Å². The van der Waals surface area contributed by atoms with Crippen LogP contribution in [0.15, 0.2) is 17.1 Å². The van der Waals surface area contributed by atoms with Crippen LogP contribution in [0.25, 0.3) is 0 Å². The van der Waals surface area contributed by atoms with Gasteiger partial charge in [0, 0.05) is 37.9 Å². The first-order chi connectivity index (χ1) is 13.4. The third kappa shape index (κ3) is 5.43. The summed E-state index contributed by atoms with van der Waals surface area (Å²) in [7, 11) is 3.76. The van der Waals surface area contributed by atoms with Crippen molar-refractivity contribution in [1.29, 1.82) is 0 Å². The first-order valence-electron chi connectivity index (χ1n) is 10.2. The molecule has 1 aliphatic carbocycles. The number of hydrogen-bond donors (Lipinski definition) is 3. The molecule has 2 aromatic rings. The molecule has 1 heterocycles. The molecule has 1 atom stereocenters. The van der Waals surface area contributed by atoms with Gasteiger partial charge in [0.05, 0.1) is 5.69 Å². The summed E-state index contributed by atoms with van der Waals surface area (Å²) in [6.45, 7) is 6.90. The van der Waals surface area contributed by atoms with Crippen molar-refractivity contribution in [2.45, 2.75) is 65.5 Å². The zero-order chi connectivity index (χ0) is 20.3. The Hall–Kier alpha value is -1.77. The van der Waals surface area contributed by atoms with Gasteiger partial charge in [-0.05, 0) is 75.6 Å². The topological polar surface area (TPSA) is 74.5 Å². The summed E-state index contributed by atoms with van der Waals surface area (Å²) in [6, 6.07) is 4.11. The number of guanidine groups is 1. The van der Waals surface area contributed by atoms with Gasteiger partial charge in [-0.2, -0.15) is 5.10 Å². The Morgan fingerprint density at radius 3 is 2.62 bits per heavy atom. The van der Waals surface area contributed by atoms with Crippen LogP contribution in [-0.4, -0.2) is 33.9 Å².